The Balaban J connectivity index is 1.84. The summed E-state index contributed by atoms with van der Waals surface area (Å²) in [7, 11) is 0. The summed E-state index contributed by atoms with van der Waals surface area (Å²) in [4.78, 5) is 0. The molecular formula is C18H22N2O. The van der Waals surface area contributed by atoms with E-state index in [4.69, 9.17) is 4.74 Å². The van der Waals surface area contributed by atoms with E-state index in [1.807, 2.05) is 10.9 Å². The third-order valence-electron chi connectivity index (χ3n) is 3.77. The molecule has 0 radical (unpaired) electrons. The van der Waals surface area contributed by atoms with E-state index >= 15 is 0 Å². The normalized spacial score (nSPS) is 18.7. The fraction of sp³-hybridized carbons (Fsp3) is 0.500. The van der Waals surface area contributed by atoms with Crippen molar-refractivity contribution in [1.82, 2.24) is 9.78 Å². The van der Waals surface area contributed by atoms with Crippen molar-refractivity contribution >= 4 is 10.9 Å². The van der Waals surface area contributed by atoms with Gasteiger partial charge in [-0.25, -0.2) is 4.68 Å². The maximum Gasteiger partial charge on any atom is 0.150 e. The molecule has 1 unspecified atom stereocenters. The molecule has 110 valence electrons. The van der Waals surface area contributed by atoms with Crippen LogP contribution < -0.4 is 0 Å². The van der Waals surface area contributed by atoms with Gasteiger partial charge in [-0.2, -0.15) is 5.10 Å². The molecule has 1 aliphatic heterocycles. The average molecular weight is 282 g/mol. The number of rotatable bonds is 2. The van der Waals surface area contributed by atoms with Gasteiger partial charge in [-0.1, -0.05) is 25.7 Å². The minimum absolute atomic E-state index is 0.0918. The second kappa shape index (κ2) is 6.32. The van der Waals surface area contributed by atoms with Crippen molar-refractivity contribution in [2.75, 3.05) is 6.61 Å². The van der Waals surface area contributed by atoms with E-state index in [9.17, 15) is 0 Å². The first kappa shape index (κ1) is 14.2. The van der Waals surface area contributed by atoms with Gasteiger partial charge in [-0.05, 0) is 43.4 Å². The lowest BCUT2D eigenvalue weighted by Gasteiger charge is -2.23. The second-order valence-electron chi connectivity index (χ2n) is 6.08. The van der Waals surface area contributed by atoms with Gasteiger partial charge in [0.25, 0.3) is 0 Å². The summed E-state index contributed by atoms with van der Waals surface area (Å²) >= 11 is 0. The SMILES string of the molecule is CC(C)CC#Cc1ccc2c(cnn2C2CCCCO2)c1. The molecule has 1 fully saturated rings. The summed E-state index contributed by atoms with van der Waals surface area (Å²) in [5.41, 5.74) is 2.20. The molecular weight excluding hydrogens is 260 g/mol. The van der Waals surface area contributed by atoms with Gasteiger partial charge < -0.3 is 4.74 Å². The molecule has 21 heavy (non-hydrogen) atoms. The van der Waals surface area contributed by atoms with Gasteiger partial charge in [0.1, 0.15) is 0 Å². The van der Waals surface area contributed by atoms with Gasteiger partial charge in [0.2, 0.25) is 0 Å². The highest BCUT2D eigenvalue weighted by atomic mass is 16.5. The first-order chi connectivity index (χ1) is 10.2. The van der Waals surface area contributed by atoms with Crippen molar-refractivity contribution in [3.63, 3.8) is 0 Å². The highest BCUT2D eigenvalue weighted by Gasteiger charge is 2.18. The molecule has 1 atom stereocenters. The van der Waals surface area contributed by atoms with Crippen LogP contribution in [-0.2, 0) is 4.74 Å². The molecule has 0 N–H and O–H groups in total. The Morgan fingerprint density at radius 3 is 3.05 bits per heavy atom. The molecule has 0 saturated carbocycles. The number of hydrogen-bond acceptors (Lipinski definition) is 2. The molecule has 1 aliphatic rings. The number of aromatic nitrogens is 2. The van der Waals surface area contributed by atoms with E-state index in [1.165, 1.54) is 6.42 Å². The smallest absolute Gasteiger partial charge is 0.150 e. The van der Waals surface area contributed by atoms with Gasteiger partial charge in [-0.3, -0.25) is 0 Å². The summed E-state index contributed by atoms with van der Waals surface area (Å²) in [6.07, 6.45) is 6.37. The highest BCUT2D eigenvalue weighted by molar-refractivity contribution is 5.80. The monoisotopic (exact) mass is 282 g/mol. The predicted molar refractivity (Wildman–Crippen MR) is 84.9 cm³/mol. The van der Waals surface area contributed by atoms with Crippen LogP contribution in [0.3, 0.4) is 0 Å². The minimum atomic E-state index is 0.0918. The van der Waals surface area contributed by atoms with Crippen molar-refractivity contribution in [3.8, 4) is 11.8 Å². The standard InChI is InChI=1S/C18H22N2O/c1-14(2)6-5-7-15-9-10-17-16(12-15)13-19-20(17)18-8-3-4-11-21-18/h9-10,12-14,18H,3-4,6,8,11H2,1-2H3. The number of benzene rings is 1. The van der Waals surface area contributed by atoms with Crippen LogP contribution in [0.1, 0.15) is 51.3 Å². The lowest BCUT2D eigenvalue weighted by molar-refractivity contribution is -0.0366. The summed E-state index contributed by atoms with van der Waals surface area (Å²) in [6, 6.07) is 6.31. The average Bonchev–Trinajstić information content (AvgIpc) is 2.91. The molecule has 3 rings (SSSR count). The molecule has 0 bridgehead atoms. The van der Waals surface area contributed by atoms with Gasteiger partial charge in [-0.15, -0.1) is 0 Å². The van der Waals surface area contributed by atoms with Gasteiger partial charge >= 0.3 is 0 Å². The Labute approximate surface area is 126 Å². The molecule has 0 spiro atoms. The Morgan fingerprint density at radius 2 is 2.29 bits per heavy atom. The third kappa shape index (κ3) is 3.28. The second-order valence-corrected chi connectivity index (χ2v) is 6.08. The van der Waals surface area contributed by atoms with Crippen LogP contribution in [-0.4, -0.2) is 16.4 Å². The van der Waals surface area contributed by atoms with Crippen LogP contribution in [0, 0.1) is 17.8 Å². The number of nitrogens with zero attached hydrogens (tertiary/aromatic N) is 2. The number of fused-ring (bicyclic) bond motifs is 1. The molecule has 0 amide bonds. The summed E-state index contributed by atoms with van der Waals surface area (Å²) in [5, 5.41) is 5.65. The fourth-order valence-corrected chi connectivity index (χ4v) is 2.63. The Hall–Kier alpha value is -1.79. The van der Waals surface area contributed by atoms with E-state index in [-0.39, 0.29) is 6.23 Å². The summed E-state index contributed by atoms with van der Waals surface area (Å²) in [5.74, 6) is 7.09. The number of ether oxygens (including phenoxy) is 1. The molecule has 2 aromatic rings. The van der Waals surface area contributed by atoms with Gasteiger partial charge in [0, 0.05) is 24.0 Å². The van der Waals surface area contributed by atoms with E-state index in [0.29, 0.717) is 5.92 Å². The van der Waals surface area contributed by atoms with E-state index in [0.717, 1.165) is 42.3 Å². The van der Waals surface area contributed by atoms with E-state index in [2.05, 4.69) is 49.0 Å². The van der Waals surface area contributed by atoms with Gasteiger partial charge in [0.05, 0.1) is 11.7 Å². The zero-order valence-electron chi connectivity index (χ0n) is 12.8. The molecule has 0 aliphatic carbocycles. The van der Waals surface area contributed by atoms with Crippen molar-refractivity contribution in [1.29, 1.82) is 0 Å². The third-order valence-corrected chi connectivity index (χ3v) is 3.77. The minimum Gasteiger partial charge on any atom is -0.356 e. The molecule has 1 saturated heterocycles. The first-order valence-corrected chi connectivity index (χ1v) is 7.82. The molecule has 2 heterocycles. The summed E-state index contributed by atoms with van der Waals surface area (Å²) in [6.45, 7) is 5.21. The zero-order valence-corrected chi connectivity index (χ0v) is 12.8. The molecule has 3 nitrogen and oxygen atoms in total. The van der Waals surface area contributed by atoms with Crippen molar-refractivity contribution in [2.45, 2.75) is 45.8 Å². The zero-order chi connectivity index (χ0) is 14.7. The summed E-state index contributed by atoms with van der Waals surface area (Å²) < 4.78 is 7.84. The largest absolute Gasteiger partial charge is 0.356 e. The van der Waals surface area contributed by atoms with Crippen LogP contribution in [0.15, 0.2) is 24.4 Å². The topological polar surface area (TPSA) is 27.1 Å². The lowest BCUT2D eigenvalue weighted by Crippen LogP contribution is -2.18. The molecule has 1 aromatic carbocycles. The first-order valence-electron chi connectivity index (χ1n) is 7.82. The highest BCUT2D eigenvalue weighted by Crippen LogP contribution is 2.26. The molecule has 3 heteroatoms. The van der Waals surface area contributed by atoms with E-state index in [1.54, 1.807) is 0 Å². The van der Waals surface area contributed by atoms with E-state index < -0.39 is 0 Å². The predicted octanol–water partition coefficient (Wildman–Crippen LogP) is 4.13. The number of hydrogen-bond donors (Lipinski definition) is 0. The quantitative estimate of drug-likeness (QED) is 0.774. The van der Waals surface area contributed by atoms with Crippen LogP contribution in [0.25, 0.3) is 10.9 Å². The maximum absolute atomic E-state index is 5.82. The fourth-order valence-electron chi connectivity index (χ4n) is 2.63. The van der Waals surface area contributed by atoms with Gasteiger partial charge in [0.15, 0.2) is 6.23 Å². The van der Waals surface area contributed by atoms with Crippen molar-refractivity contribution < 1.29 is 4.74 Å². The van der Waals surface area contributed by atoms with Crippen LogP contribution in [0.5, 0.6) is 0 Å². The Kier molecular flexibility index (Phi) is 4.26. The lowest BCUT2D eigenvalue weighted by atomic mass is 10.1. The van der Waals surface area contributed by atoms with Crippen molar-refractivity contribution in [3.05, 3.63) is 30.0 Å². The van der Waals surface area contributed by atoms with Crippen LogP contribution >= 0.6 is 0 Å². The molecule has 1 aromatic heterocycles. The van der Waals surface area contributed by atoms with Crippen LogP contribution in [0.2, 0.25) is 0 Å². The Bertz CT molecular complexity index is 669. The van der Waals surface area contributed by atoms with Crippen molar-refractivity contribution in [2.24, 2.45) is 5.92 Å². The maximum atomic E-state index is 5.82. The Morgan fingerprint density at radius 1 is 1.38 bits per heavy atom. The van der Waals surface area contributed by atoms with Crippen LogP contribution in [0.4, 0.5) is 0 Å².